The van der Waals surface area contributed by atoms with Gasteiger partial charge in [-0.3, -0.25) is 0 Å². The standard InChI is InChI=1S/C14H20BrNO2/c1-10(16)13-6-5-11(8-14(13)15)18-9-12-4-2-3-7-17-12/h5-6,8,10,12H,2-4,7,9,16H2,1H3/t10-,12?/m1/s1. The second kappa shape index (κ2) is 6.55. The summed E-state index contributed by atoms with van der Waals surface area (Å²) in [6.07, 6.45) is 3.75. The molecule has 1 heterocycles. The summed E-state index contributed by atoms with van der Waals surface area (Å²) in [7, 11) is 0. The van der Waals surface area contributed by atoms with Gasteiger partial charge >= 0.3 is 0 Å². The molecule has 1 aliphatic rings. The van der Waals surface area contributed by atoms with E-state index in [-0.39, 0.29) is 12.1 Å². The Morgan fingerprint density at radius 3 is 2.94 bits per heavy atom. The maximum absolute atomic E-state index is 5.86. The Bertz CT molecular complexity index is 389. The molecule has 2 N–H and O–H groups in total. The monoisotopic (exact) mass is 313 g/mol. The molecule has 1 aromatic carbocycles. The van der Waals surface area contributed by atoms with Gasteiger partial charge in [-0.05, 0) is 43.9 Å². The third-order valence-electron chi connectivity index (χ3n) is 3.17. The van der Waals surface area contributed by atoms with Gasteiger partial charge in [-0.15, -0.1) is 0 Å². The third-order valence-corrected chi connectivity index (χ3v) is 3.86. The van der Waals surface area contributed by atoms with Crippen molar-refractivity contribution in [1.82, 2.24) is 0 Å². The highest BCUT2D eigenvalue weighted by Crippen LogP contribution is 2.27. The van der Waals surface area contributed by atoms with Gasteiger partial charge in [-0.2, -0.15) is 0 Å². The van der Waals surface area contributed by atoms with E-state index in [9.17, 15) is 0 Å². The van der Waals surface area contributed by atoms with Gasteiger partial charge in [-0.1, -0.05) is 22.0 Å². The Hall–Kier alpha value is -0.580. The first-order valence-corrected chi connectivity index (χ1v) is 7.25. The molecule has 0 aromatic heterocycles. The highest BCUT2D eigenvalue weighted by Gasteiger charge is 2.14. The first-order chi connectivity index (χ1) is 8.66. The largest absolute Gasteiger partial charge is 0.491 e. The number of ether oxygens (including phenoxy) is 2. The number of halogens is 1. The van der Waals surface area contributed by atoms with Crippen LogP contribution in [0.5, 0.6) is 5.75 Å². The molecule has 18 heavy (non-hydrogen) atoms. The molecule has 1 aliphatic heterocycles. The third kappa shape index (κ3) is 3.70. The molecule has 4 heteroatoms. The number of rotatable bonds is 4. The van der Waals surface area contributed by atoms with Crippen molar-refractivity contribution in [1.29, 1.82) is 0 Å². The fraction of sp³-hybridized carbons (Fsp3) is 0.571. The Morgan fingerprint density at radius 1 is 1.50 bits per heavy atom. The Balaban J connectivity index is 1.91. The van der Waals surface area contributed by atoms with Gasteiger partial charge in [0.25, 0.3) is 0 Å². The van der Waals surface area contributed by atoms with E-state index < -0.39 is 0 Å². The zero-order chi connectivity index (χ0) is 13.0. The van der Waals surface area contributed by atoms with Crippen LogP contribution in [0.2, 0.25) is 0 Å². The Labute approximate surface area is 117 Å². The number of hydrogen-bond acceptors (Lipinski definition) is 3. The average Bonchev–Trinajstić information content (AvgIpc) is 2.37. The van der Waals surface area contributed by atoms with Crippen LogP contribution in [0.1, 0.15) is 37.8 Å². The predicted octanol–water partition coefficient (Wildman–Crippen LogP) is 3.42. The molecule has 1 fully saturated rings. The molecular formula is C14H20BrNO2. The van der Waals surface area contributed by atoms with Crippen LogP contribution in [-0.2, 0) is 4.74 Å². The highest BCUT2D eigenvalue weighted by molar-refractivity contribution is 9.10. The molecule has 0 bridgehead atoms. The lowest BCUT2D eigenvalue weighted by Crippen LogP contribution is -2.25. The van der Waals surface area contributed by atoms with E-state index in [1.54, 1.807) is 0 Å². The smallest absolute Gasteiger partial charge is 0.120 e. The van der Waals surface area contributed by atoms with Gasteiger partial charge < -0.3 is 15.2 Å². The number of hydrogen-bond donors (Lipinski definition) is 1. The van der Waals surface area contributed by atoms with Crippen LogP contribution < -0.4 is 10.5 Å². The second-order valence-electron chi connectivity index (χ2n) is 4.77. The molecule has 3 nitrogen and oxygen atoms in total. The molecular weight excluding hydrogens is 294 g/mol. The maximum Gasteiger partial charge on any atom is 0.120 e. The van der Waals surface area contributed by atoms with Crippen LogP contribution >= 0.6 is 15.9 Å². The molecule has 1 unspecified atom stereocenters. The number of nitrogens with two attached hydrogens (primary N) is 1. The summed E-state index contributed by atoms with van der Waals surface area (Å²) in [6, 6.07) is 5.97. The molecule has 2 rings (SSSR count). The zero-order valence-electron chi connectivity index (χ0n) is 10.7. The molecule has 0 aliphatic carbocycles. The first-order valence-electron chi connectivity index (χ1n) is 6.46. The molecule has 0 radical (unpaired) electrons. The van der Waals surface area contributed by atoms with E-state index in [0.29, 0.717) is 6.61 Å². The summed E-state index contributed by atoms with van der Waals surface area (Å²) in [4.78, 5) is 0. The lowest BCUT2D eigenvalue weighted by molar-refractivity contribution is -0.0110. The van der Waals surface area contributed by atoms with E-state index in [0.717, 1.165) is 28.8 Å². The molecule has 2 atom stereocenters. The van der Waals surface area contributed by atoms with Crippen molar-refractivity contribution in [3.05, 3.63) is 28.2 Å². The molecule has 0 spiro atoms. The fourth-order valence-electron chi connectivity index (χ4n) is 2.09. The lowest BCUT2D eigenvalue weighted by Gasteiger charge is -2.22. The summed E-state index contributed by atoms with van der Waals surface area (Å²) < 4.78 is 12.4. The Morgan fingerprint density at radius 2 is 2.33 bits per heavy atom. The zero-order valence-corrected chi connectivity index (χ0v) is 12.3. The molecule has 100 valence electrons. The number of benzene rings is 1. The summed E-state index contributed by atoms with van der Waals surface area (Å²) in [5.74, 6) is 0.862. The SMILES string of the molecule is C[C@@H](N)c1ccc(OCC2CCCCO2)cc1Br. The van der Waals surface area contributed by atoms with Gasteiger partial charge in [0.2, 0.25) is 0 Å². The van der Waals surface area contributed by atoms with E-state index in [1.165, 1.54) is 12.8 Å². The van der Waals surface area contributed by atoms with Crippen molar-refractivity contribution < 1.29 is 9.47 Å². The van der Waals surface area contributed by atoms with Crippen LogP contribution in [0.4, 0.5) is 0 Å². The van der Waals surface area contributed by atoms with Crippen LogP contribution in [0.3, 0.4) is 0 Å². The Kier molecular flexibility index (Phi) is 5.03. The van der Waals surface area contributed by atoms with Crippen molar-refractivity contribution in [2.75, 3.05) is 13.2 Å². The molecule has 1 saturated heterocycles. The topological polar surface area (TPSA) is 44.5 Å². The second-order valence-corrected chi connectivity index (χ2v) is 5.63. The molecule has 0 saturated carbocycles. The summed E-state index contributed by atoms with van der Waals surface area (Å²) in [6.45, 7) is 3.46. The van der Waals surface area contributed by atoms with Crippen molar-refractivity contribution >= 4 is 15.9 Å². The average molecular weight is 314 g/mol. The van der Waals surface area contributed by atoms with Gasteiger partial charge in [-0.25, -0.2) is 0 Å². The predicted molar refractivity (Wildman–Crippen MR) is 75.8 cm³/mol. The van der Waals surface area contributed by atoms with Gasteiger partial charge in [0.05, 0.1) is 6.10 Å². The van der Waals surface area contributed by atoms with Crippen LogP contribution in [-0.4, -0.2) is 19.3 Å². The van der Waals surface area contributed by atoms with Crippen LogP contribution in [0.15, 0.2) is 22.7 Å². The van der Waals surface area contributed by atoms with E-state index >= 15 is 0 Å². The summed E-state index contributed by atoms with van der Waals surface area (Å²) >= 11 is 3.52. The summed E-state index contributed by atoms with van der Waals surface area (Å²) in [5.41, 5.74) is 6.96. The maximum atomic E-state index is 5.86. The summed E-state index contributed by atoms with van der Waals surface area (Å²) in [5, 5.41) is 0. The van der Waals surface area contributed by atoms with Crippen LogP contribution in [0.25, 0.3) is 0 Å². The molecule has 1 aromatic rings. The quantitative estimate of drug-likeness (QED) is 0.926. The lowest BCUT2D eigenvalue weighted by atomic mass is 10.1. The van der Waals surface area contributed by atoms with Crippen molar-refractivity contribution in [3.8, 4) is 5.75 Å². The van der Waals surface area contributed by atoms with Gasteiger partial charge in [0.15, 0.2) is 0 Å². The fourth-order valence-corrected chi connectivity index (χ4v) is 2.81. The van der Waals surface area contributed by atoms with Crippen molar-refractivity contribution in [2.45, 2.75) is 38.3 Å². The van der Waals surface area contributed by atoms with Crippen molar-refractivity contribution in [2.24, 2.45) is 5.73 Å². The van der Waals surface area contributed by atoms with E-state index in [1.807, 2.05) is 25.1 Å². The van der Waals surface area contributed by atoms with Gasteiger partial charge in [0.1, 0.15) is 12.4 Å². The van der Waals surface area contributed by atoms with E-state index in [4.69, 9.17) is 15.2 Å². The minimum absolute atomic E-state index is 0.0232. The highest BCUT2D eigenvalue weighted by atomic mass is 79.9. The van der Waals surface area contributed by atoms with Crippen molar-refractivity contribution in [3.63, 3.8) is 0 Å². The molecule has 0 amide bonds. The van der Waals surface area contributed by atoms with Gasteiger partial charge in [0, 0.05) is 17.1 Å². The first kappa shape index (κ1) is 13.8. The normalized spacial score (nSPS) is 21.6. The van der Waals surface area contributed by atoms with Crippen LogP contribution in [0, 0.1) is 0 Å². The minimum atomic E-state index is 0.0232. The minimum Gasteiger partial charge on any atom is -0.491 e. The van der Waals surface area contributed by atoms with E-state index in [2.05, 4.69) is 15.9 Å².